The molecule has 0 saturated carbocycles. The van der Waals surface area contributed by atoms with Gasteiger partial charge in [0.25, 0.3) is 0 Å². The zero-order chi connectivity index (χ0) is 15.0. The summed E-state index contributed by atoms with van der Waals surface area (Å²) in [5.41, 5.74) is 1.73. The summed E-state index contributed by atoms with van der Waals surface area (Å²) in [6.45, 7) is 1.98. The smallest absolute Gasteiger partial charge is 0.233 e. The highest BCUT2D eigenvalue weighted by Crippen LogP contribution is 2.33. The fourth-order valence-corrected chi connectivity index (χ4v) is 3.14. The fourth-order valence-electron chi connectivity index (χ4n) is 2.24. The number of anilines is 2. The summed E-state index contributed by atoms with van der Waals surface area (Å²) in [5, 5.41) is 15.7. The molecule has 2 heterocycles. The van der Waals surface area contributed by atoms with Crippen LogP contribution in [0.2, 0.25) is 0 Å². The van der Waals surface area contributed by atoms with Crippen molar-refractivity contribution in [3.05, 3.63) is 45.6 Å². The van der Waals surface area contributed by atoms with E-state index in [-0.39, 0.29) is 18.2 Å². The van der Waals surface area contributed by atoms with Crippen LogP contribution in [-0.2, 0) is 9.59 Å². The highest BCUT2D eigenvalue weighted by atomic mass is 32.1. The van der Waals surface area contributed by atoms with Crippen LogP contribution < -0.4 is 10.6 Å². The summed E-state index contributed by atoms with van der Waals surface area (Å²) in [6, 6.07) is 8.97. The molecule has 5 nitrogen and oxygen atoms in total. The molecule has 108 valence electrons. The minimum Gasteiger partial charge on any atom is -0.383 e. The van der Waals surface area contributed by atoms with Gasteiger partial charge in [0, 0.05) is 9.75 Å². The minimum absolute atomic E-state index is 0.198. The summed E-state index contributed by atoms with van der Waals surface area (Å²) in [5.74, 6) is -0.696. The fraction of sp³-hybridized carbons (Fsp3) is 0.200. The molecule has 3 rings (SSSR count). The van der Waals surface area contributed by atoms with E-state index in [1.807, 2.05) is 19.1 Å². The summed E-state index contributed by atoms with van der Waals surface area (Å²) < 4.78 is 0. The SMILES string of the molecule is Cc1ccc(C(O)c2ccc3c(c2)NC(=O)CC(=O)N3)s1. The molecule has 21 heavy (non-hydrogen) atoms. The summed E-state index contributed by atoms with van der Waals surface area (Å²) in [4.78, 5) is 25.0. The lowest BCUT2D eigenvalue weighted by Crippen LogP contribution is -2.16. The van der Waals surface area contributed by atoms with E-state index in [4.69, 9.17) is 0 Å². The second kappa shape index (κ2) is 5.31. The molecule has 1 aliphatic rings. The van der Waals surface area contributed by atoms with Crippen molar-refractivity contribution in [2.45, 2.75) is 19.4 Å². The Morgan fingerprint density at radius 3 is 2.48 bits per heavy atom. The zero-order valence-electron chi connectivity index (χ0n) is 11.3. The maximum atomic E-state index is 11.6. The van der Waals surface area contributed by atoms with Gasteiger partial charge in [0.1, 0.15) is 12.5 Å². The van der Waals surface area contributed by atoms with Crippen LogP contribution in [-0.4, -0.2) is 16.9 Å². The van der Waals surface area contributed by atoms with Crippen LogP contribution in [0, 0.1) is 6.92 Å². The number of benzene rings is 1. The largest absolute Gasteiger partial charge is 0.383 e. The molecule has 0 bridgehead atoms. The normalized spacial score (nSPS) is 15.7. The first-order valence-corrected chi connectivity index (χ1v) is 7.32. The number of hydrogen-bond donors (Lipinski definition) is 3. The Balaban J connectivity index is 1.95. The number of carbonyl (C=O) groups excluding carboxylic acids is 2. The number of fused-ring (bicyclic) bond motifs is 1. The Kier molecular flexibility index (Phi) is 3.48. The maximum absolute atomic E-state index is 11.6. The standard InChI is InChI=1S/C15H14N2O3S/c1-8-2-5-12(21-8)15(20)9-3-4-10-11(6-9)17-14(19)7-13(18)16-10/h2-6,15,20H,7H2,1H3,(H,16,18)(H,17,19). The Morgan fingerprint density at radius 2 is 1.81 bits per heavy atom. The summed E-state index contributed by atoms with van der Waals surface area (Å²) >= 11 is 1.53. The minimum atomic E-state index is -0.746. The van der Waals surface area contributed by atoms with Gasteiger partial charge in [0.2, 0.25) is 11.8 Å². The number of thiophene rings is 1. The van der Waals surface area contributed by atoms with Crippen molar-refractivity contribution in [2.75, 3.05) is 10.6 Å². The van der Waals surface area contributed by atoms with Gasteiger partial charge in [0.05, 0.1) is 11.4 Å². The molecule has 6 heteroatoms. The molecule has 0 radical (unpaired) electrons. The molecule has 0 aliphatic carbocycles. The van der Waals surface area contributed by atoms with Crippen LogP contribution in [0.5, 0.6) is 0 Å². The molecule has 1 unspecified atom stereocenters. The van der Waals surface area contributed by atoms with Crippen molar-refractivity contribution in [1.82, 2.24) is 0 Å². The maximum Gasteiger partial charge on any atom is 0.233 e. The number of aryl methyl sites for hydroxylation is 1. The first kappa shape index (κ1) is 13.8. The number of rotatable bonds is 2. The molecular weight excluding hydrogens is 288 g/mol. The summed E-state index contributed by atoms with van der Waals surface area (Å²) in [7, 11) is 0. The lowest BCUT2D eigenvalue weighted by Gasteiger charge is -2.13. The van der Waals surface area contributed by atoms with Crippen molar-refractivity contribution in [2.24, 2.45) is 0 Å². The Morgan fingerprint density at radius 1 is 1.10 bits per heavy atom. The molecule has 0 fully saturated rings. The van der Waals surface area contributed by atoms with E-state index in [1.54, 1.807) is 18.2 Å². The quantitative estimate of drug-likeness (QED) is 0.745. The van der Waals surface area contributed by atoms with Crippen molar-refractivity contribution in [1.29, 1.82) is 0 Å². The van der Waals surface area contributed by atoms with E-state index in [2.05, 4.69) is 10.6 Å². The van der Waals surface area contributed by atoms with Crippen LogP contribution in [0.25, 0.3) is 0 Å². The van der Waals surface area contributed by atoms with Crippen molar-refractivity contribution >= 4 is 34.5 Å². The van der Waals surface area contributed by atoms with Gasteiger partial charge < -0.3 is 15.7 Å². The van der Waals surface area contributed by atoms with Crippen LogP contribution in [0.1, 0.15) is 27.8 Å². The summed E-state index contributed by atoms with van der Waals surface area (Å²) in [6.07, 6.45) is -0.943. The molecule has 1 aromatic heterocycles. The first-order valence-electron chi connectivity index (χ1n) is 6.51. The second-order valence-corrected chi connectivity index (χ2v) is 6.25. The monoisotopic (exact) mass is 302 g/mol. The van der Waals surface area contributed by atoms with E-state index < -0.39 is 6.10 Å². The Hall–Kier alpha value is -2.18. The number of amides is 2. The van der Waals surface area contributed by atoms with Crippen LogP contribution >= 0.6 is 11.3 Å². The van der Waals surface area contributed by atoms with E-state index in [1.165, 1.54) is 11.3 Å². The lowest BCUT2D eigenvalue weighted by molar-refractivity contribution is -0.123. The van der Waals surface area contributed by atoms with E-state index in [0.29, 0.717) is 16.9 Å². The van der Waals surface area contributed by atoms with Gasteiger partial charge in [-0.3, -0.25) is 9.59 Å². The average Bonchev–Trinajstić information content (AvgIpc) is 2.79. The van der Waals surface area contributed by atoms with Gasteiger partial charge in [-0.25, -0.2) is 0 Å². The molecule has 2 aromatic rings. The van der Waals surface area contributed by atoms with Crippen molar-refractivity contribution in [3.8, 4) is 0 Å². The molecule has 3 N–H and O–H groups in total. The molecule has 2 amide bonds. The third-order valence-electron chi connectivity index (χ3n) is 3.26. The Bertz CT molecular complexity index is 723. The van der Waals surface area contributed by atoms with Gasteiger partial charge in [0.15, 0.2) is 0 Å². The van der Waals surface area contributed by atoms with Crippen molar-refractivity contribution < 1.29 is 14.7 Å². The van der Waals surface area contributed by atoms with E-state index in [0.717, 1.165) is 9.75 Å². The molecular formula is C15H14N2O3S. The number of hydrogen-bond acceptors (Lipinski definition) is 4. The topological polar surface area (TPSA) is 78.4 Å². The number of aliphatic hydroxyl groups excluding tert-OH is 1. The predicted molar refractivity (Wildman–Crippen MR) is 81.4 cm³/mol. The molecule has 1 aliphatic heterocycles. The first-order chi connectivity index (χ1) is 10.0. The Labute approximate surface area is 125 Å². The lowest BCUT2D eigenvalue weighted by atomic mass is 10.1. The average molecular weight is 302 g/mol. The third kappa shape index (κ3) is 2.81. The van der Waals surface area contributed by atoms with Gasteiger partial charge in [-0.2, -0.15) is 0 Å². The highest BCUT2D eigenvalue weighted by molar-refractivity contribution is 7.12. The zero-order valence-corrected chi connectivity index (χ0v) is 12.2. The van der Waals surface area contributed by atoms with E-state index in [9.17, 15) is 14.7 Å². The molecule has 0 spiro atoms. The van der Waals surface area contributed by atoms with Crippen molar-refractivity contribution in [3.63, 3.8) is 0 Å². The van der Waals surface area contributed by atoms with Gasteiger partial charge in [-0.1, -0.05) is 6.07 Å². The molecule has 1 aromatic carbocycles. The van der Waals surface area contributed by atoms with Gasteiger partial charge >= 0.3 is 0 Å². The van der Waals surface area contributed by atoms with Crippen LogP contribution in [0.15, 0.2) is 30.3 Å². The predicted octanol–water partition coefficient (Wildman–Crippen LogP) is 2.42. The molecule has 0 saturated heterocycles. The van der Waals surface area contributed by atoms with Crippen LogP contribution in [0.3, 0.4) is 0 Å². The molecule has 1 atom stereocenters. The highest BCUT2D eigenvalue weighted by Gasteiger charge is 2.20. The van der Waals surface area contributed by atoms with Crippen LogP contribution in [0.4, 0.5) is 11.4 Å². The number of aliphatic hydroxyl groups is 1. The van der Waals surface area contributed by atoms with Gasteiger partial charge in [-0.15, -0.1) is 11.3 Å². The number of nitrogens with one attached hydrogen (secondary N) is 2. The second-order valence-electron chi connectivity index (χ2n) is 4.93. The van der Waals surface area contributed by atoms with E-state index >= 15 is 0 Å². The van der Waals surface area contributed by atoms with Gasteiger partial charge in [-0.05, 0) is 36.8 Å². The third-order valence-corrected chi connectivity index (χ3v) is 4.31. The number of carbonyl (C=O) groups is 2.